The van der Waals surface area contributed by atoms with Gasteiger partial charge in [0.15, 0.2) is 5.75 Å². The zero-order chi connectivity index (χ0) is 25.9. The predicted molar refractivity (Wildman–Crippen MR) is 137 cm³/mol. The molecule has 5 rings (SSSR count). The number of hydrogen-bond acceptors (Lipinski definition) is 9. The summed E-state index contributed by atoms with van der Waals surface area (Å²) in [5.41, 5.74) is 3.14. The molecule has 188 valence electrons. The summed E-state index contributed by atoms with van der Waals surface area (Å²) < 4.78 is 11.5. The van der Waals surface area contributed by atoms with E-state index >= 15 is 0 Å². The van der Waals surface area contributed by atoms with E-state index in [2.05, 4.69) is 25.5 Å². The van der Waals surface area contributed by atoms with Crippen molar-refractivity contribution in [2.24, 2.45) is 0 Å². The second-order valence-corrected chi connectivity index (χ2v) is 9.27. The van der Waals surface area contributed by atoms with Crippen molar-refractivity contribution in [2.45, 2.75) is 13.5 Å². The second kappa shape index (κ2) is 10.4. The number of carboxylic acid groups (broad SMARTS) is 1. The molecule has 4 heterocycles. The largest absolute Gasteiger partial charge is 0.489 e. The molecule has 1 aliphatic heterocycles. The van der Waals surface area contributed by atoms with Crippen LogP contribution < -0.4 is 19.7 Å². The lowest BCUT2D eigenvalue weighted by molar-refractivity contribution is 0.102. The number of carbonyl (C=O) groups is 2. The number of aryl methyl sites for hydroxylation is 1. The summed E-state index contributed by atoms with van der Waals surface area (Å²) in [6.45, 7) is 2.37. The third kappa shape index (κ3) is 5.29. The van der Waals surface area contributed by atoms with E-state index in [-0.39, 0.29) is 35.6 Å². The van der Waals surface area contributed by atoms with Crippen LogP contribution in [-0.4, -0.2) is 50.4 Å². The maximum atomic E-state index is 13.3. The number of halogens is 1. The van der Waals surface area contributed by atoms with E-state index in [1.807, 2.05) is 0 Å². The Labute approximate surface area is 219 Å². The molecule has 0 aliphatic carbocycles. The Morgan fingerprint density at radius 1 is 1.19 bits per heavy atom. The van der Waals surface area contributed by atoms with E-state index in [1.54, 1.807) is 43.3 Å². The number of hydrogen-bond donors (Lipinski definition) is 2. The van der Waals surface area contributed by atoms with E-state index < -0.39 is 12.0 Å². The first-order chi connectivity index (χ1) is 17.9. The van der Waals surface area contributed by atoms with Crippen LogP contribution in [0.5, 0.6) is 10.9 Å². The number of nitrogens with zero attached hydrogens (tertiary/aromatic N) is 5. The van der Waals surface area contributed by atoms with Crippen LogP contribution in [0.15, 0.2) is 48.8 Å². The Morgan fingerprint density at radius 2 is 2.05 bits per heavy atom. The first kappa shape index (κ1) is 24.4. The summed E-state index contributed by atoms with van der Waals surface area (Å²) in [4.78, 5) is 34.6. The highest BCUT2D eigenvalue weighted by Gasteiger charge is 2.27. The molecule has 4 aromatic rings. The Hall–Kier alpha value is -4.29. The van der Waals surface area contributed by atoms with Crippen LogP contribution in [-0.2, 0) is 6.61 Å². The number of rotatable bonds is 6. The molecule has 0 atom stereocenters. The molecule has 1 aliphatic rings. The number of anilines is 2. The van der Waals surface area contributed by atoms with Crippen molar-refractivity contribution in [3.05, 3.63) is 70.8 Å². The molecule has 11 nitrogen and oxygen atoms in total. The van der Waals surface area contributed by atoms with Crippen LogP contribution in [0.2, 0.25) is 5.02 Å². The second-order valence-electron chi connectivity index (χ2n) is 7.89. The number of ether oxygens (including phenoxy) is 2. The smallest absolute Gasteiger partial charge is 0.412 e. The molecular formula is C24H19ClN6O5S. The minimum absolute atomic E-state index is 0.165. The average molecular weight is 539 g/mol. The lowest BCUT2D eigenvalue weighted by Crippen LogP contribution is -2.37. The van der Waals surface area contributed by atoms with Crippen molar-refractivity contribution in [3.8, 4) is 22.1 Å². The SMILES string of the molecule is Cc1cc(-c2cccc3c2OCCN3C(=O)O)c(C(=O)Nc2nnc(OCc3ccc(Cl)cn3)s2)cn1. The fraction of sp³-hybridized carbons (Fsp3) is 0.167. The van der Waals surface area contributed by atoms with Crippen molar-refractivity contribution >= 4 is 45.8 Å². The summed E-state index contributed by atoms with van der Waals surface area (Å²) in [5, 5.41) is 21.3. The van der Waals surface area contributed by atoms with Gasteiger partial charge in [-0.1, -0.05) is 28.8 Å². The maximum Gasteiger partial charge on any atom is 0.412 e. The van der Waals surface area contributed by atoms with Crippen LogP contribution in [0.25, 0.3) is 11.1 Å². The van der Waals surface area contributed by atoms with Gasteiger partial charge in [0.05, 0.1) is 28.5 Å². The van der Waals surface area contributed by atoms with Crippen molar-refractivity contribution < 1.29 is 24.2 Å². The number of nitrogens with one attached hydrogen (secondary N) is 1. The molecule has 0 saturated carbocycles. The van der Waals surface area contributed by atoms with Crippen LogP contribution in [0.1, 0.15) is 21.7 Å². The van der Waals surface area contributed by atoms with Gasteiger partial charge in [-0.2, -0.15) is 0 Å². The maximum absolute atomic E-state index is 13.3. The third-order valence-electron chi connectivity index (χ3n) is 5.41. The van der Waals surface area contributed by atoms with Gasteiger partial charge in [-0.3, -0.25) is 25.0 Å². The molecule has 2 N–H and O–H groups in total. The van der Waals surface area contributed by atoms with Crippen LogP contribution >= 0.6 is 22.9 Å². The molecule has 3 aromatic heterocycles. The number of pyridine rings is 2. The lowest BCUT2D eigenvalue weighted by Gasteiger charge is -2.29. The minimum atomic E-state index is -1.08. The van der Waals surface area contributed by atoms with Crippen LogP contribution in [0, 0.1) is 6.92 Å². The molecule has 13 heteroatoms. The Balaban J connectivity index is 1.38. The Bertz CT molecular complexity index is 1480. The predicted octanol–water partition coefficient (Wildman–Crippen LogP) is 4.67. The topological polar surface area (TPSA) is 140 Å². The zero-order valence-electron chi connectivity index (χ0n) is 19.3. The fourth-order valence-electron chi connectivity index (χ4n) is 3.73. The molecule has 0 bridgehead atoms. The summed E-state index contributed by atoms with van der Waals surface area (Å²) in [7, 11) is 0. The highest BCUT2D eigenvalue weighted by molar-refractivity contribution is 7.17. The number of aromatic nitrogens is 4. The zero-order valence-corrected chi connectivity index (χ0v) is 20.9. The summed E-state index contributed by atoms with van der Waals surface area (Å²) >= 11 is 6.91. The Morgan fingerprint density at radius 3 is 2.84 bits per heavy atom. The first-order valence-electron chi connectivity index (χ1n) is 11.0. The van der Waals surface area contributed by atoms with Gasteiger partial charge < -0.3 is 14.6 Å². The first-order valence-corrected chi connectivity index (χ1v) is 12.2. The number of carbonyl (C=O) groups excluding carboxylic acids is 1. The monoisotopic (exact) mass is 538 g/mol. The molecule has 0 saturated heterocycles. The number of amides is 2. The highest BCUT2D eigenvalue weighted by atomic mass is 35.5. The molecule has 2 amide bonds. The number of fused-ring (bicyclic) bond motifs is 1. The van der Waals surface area contributed by atoms with Gasteiger partial charge in [-0.05, 0) is 42.5 Å². The third-order valence-corrected chi connectivity index (χ3v) is 6.39. The molecule has 1 aromatic carbocycles. The van der Waals surface area contributed by atoms with Gasteiger partial charge in [-0.15, -0.1) is 5.10 Å². The van der Waals surface area contributed by atoms with Gasteiger partial charge >= 0.3 is 6.09 Å². The Kier molecular flexibility index (Phi) is 6.84. The van der Waals surface area contributed by atoms with E-state index in [0.29, 0.717) is 39.0 Å². The van der Waals surface area contributed by atoms with Gasteiger partial charge in [0.2, 0.25) is 5.13 Å². The summed E-state index contributed by atoms with van der Waals surface area (Å²) in [6.07, 6.45) is 1.90. The van der Waals surface area contributed by atoms with Crippen molar-refractivity contribution in [1.29, 1.82) is 0 Å². The van der Waals surface area contributed by atoms with Crippen molar-refractivity contribution in [1.82, 2.24) is 20.2 Å². The van der Waals surface area contributed by atoms with Gasteiger partial charge in [-0.25, -0.2) is 4.79 Å². The van der Waals surface area contributed by atoms with Crippen molar-refractivity contribution in [2.75, 3.05) is 23.4 Å². The average Bonchev–Trinajstić information content (AvgIpc) is 3.34. The lowest BCUT2D eigenvalue weighted by atomic mass is 9.98. The molecular weight excluding hydrogens is 520 g/mol. The number of benzene rings is 1. The van der Waals surface area contributed by atoms with E-state index in [9.17, 15) is 14.7 Å². The summed E-state index contributed by atoms with van der Waals surface area (Å²) in [6, 6.07) is 10.4. The van der Waals surface area contributed by atoms with E-state index in [4.69, 9.17) is 21.1 Å². The molecule has 0 radical (unpaired) electrons. The standard InChI is InChI=1S/C24H19ClN6O5S/c1-13-9-17(16-3-2-4-19-20(16)35-8-7-31(19)24(33)34)18(11-26-13)21(32)28-22-29-30-23(37-22)36-12-15-6-5-14(25)10-27-15/h2-6,9-11H,7-8,12H2,1H3,(H,33,34)(H,28,29,32). The molecule has 0 fully saturated rings. The quantitative estimate of drug-likeness (QED) is 0.358. The molecule has 0 unspecified atom stereocenters. The van der Waals surface area contributed by atoms with Gasteiger partial charge in [0.25, 0.3) is 11.1 Å². The molecule has 0 spiro atoms. The van der Waals surface area contributed by atoms with Gasteiger partial charge in [0.1, 0.15) is 13.2 Å². The molecule has 37 heavy (non-hydrogen) atoms. The van der Waals surface area contributed by atoms with Crippen LogP contribution in [0.3, 0.4) is 0 Å². The van der Waals surface area contributed by atoms with Gasteiger partial charge in [0, 0.05) is 29.2 Å². The fourth-order valence-corrected chi connectivity index (χ4v) is 4.44. The highest BCUT2D eigenvalue weighted by Crippen LogP contribution is 2.42. The van der Waals surface area contributed by atoms with E-state index in [1.165, 1.54) is 17.3 Å². The normalized spacial score (nSPS) is 12.4. The van der Waals surface area contributed by atoms with E-state index in [0.717, 1.165) is 11.3 Å². The van der Waals surface area contributed by atoms with Crippen LogP contribution in [0.4, 0.5) is 15.6 Å². The summed E-state index contributed by atoms with van der Waals surface area (Å²) in [5.74, 6) is -0.0775. The van der Waals surface area contributed by atoms with Crippen molar-refractivity contribution in [3.63, 3.8) is 0 Å². The minimum Gasteiger partial charge on any atom is -0.489 e. The number of para-hydroxylation sites is 1.